The van der Waals surface area contributed by atoms with Crippen molar-refractivity contribution in [2.75, 3.05) is 13.7 Å². The molecular formula is C21H34ClNO4. The molecule has 5 unspecified atom stereocenters. The number of methoxy groups -OCH3 is 1. The summed E-state index contributed by atoms with van der Waals surface area (Å²) < 4.78 is 10.8. The fraction of sp³-hybridized carbons (Fsp3) is 0.905. The van der Waals surface area contributed by atoms with E-state index in [1.807, 2.05) is 6.92 Å². The highest BCUT2D eigenvalue weighted by Crippen LogP contribution is 2.47. The van der Waals surface area contributed by atoms with Crippen molar-refractivity contribution >= 4 is 23.5 Å². The summed E-state index contributed by atoms with van der Waals surface area (Å²) in [5, 5.41) is 0.214. The molecule has 1 saturated heterocycles. The minimum Gasteiger partial charge on any atom is -0.466 e. The molecule has 27 heavy (non-hydrogen) atoms. The van der Waals surface area contributed by atoms with E-state index >= 15 is 0 Å². The summed E-state index contributed by atoms with van der Waals surface area (Å²) in [4.78, 5) is 27.8. The first-order valence-corrected chi connectivity index (χ1v) is 11.0. The van der Waals surface area contributed by atoms with Crippen LogP contribution >= 0.6 is 11.6 Å². The average molecular weight is 400 g/mol. The fourth-order valence-electron chi connectivity index (χ4n) is 5.64. The van der Waals surface area contributed by atoms with Crippen molar-refractivity contribution in [1.29, 1.82) is 0 Å². The van der Waals surface area contributed by atoms with Crippen LogP contribution in [0.4, 0.5) is 0 Å². The second-order valence-corrected chi connectivity index (χ2v) is 9.13. The summed E-state index contributed by atoms with van der Waals surface area (Å²) in [7, 11) is 1.76. The molecule has 6 heteroatoms. The van der Waals surface area contributed by atoms with Crippen molar-refractivity contribution in [2.45, 2.75) is 88.8 Å². The van der Waals surface area contributed by atoms with Gasteiger partial charge in [-0.25, -0.2) is 0 Å². The maximum absolute atomic E-state index is 13.4. The standard InChI is InChI=1S/C21H34ClNO4/c1-4-27-20(24)12-17-13(2)23(19-10-9-16(26-3)11-18(17)19)21(25)14-5-7-15(22)8-6-14/h13-19H,4-12H2,1-3H3. The van der Waals surface area contributed by atoms with Gasteiger partial charge in [0, 0.05) is 30.5 Å². The normalized spacial score (nSPS) is 39.1. The summed E-state index contributed by atoms with van der Waals surface area (Å²) >= 11 is 6.24. The number of hydrogen-bond acceptors (Lipinski definition) is 4. The second-order valence-electron chi connectivity index (χ2n) is 8.51. The van der Waals surface area contributed by atoms with Crippen molar-refractivity contribution < 1.29 is 19.1 Å². The van der Waals surface area contributed by atoms with E-state index in [0.717, 1.165) is 44.9 Å². The molecule has 3 fully saturated rings. The zero-order chi connectivity index (χ0) is 19.6. The molecule has 1 amide bonds. The Hall–Kier alpha value is -0.810. The lowest BCUT2D eigenvalue weighted by Gasteiger charge is -2.38. The zero-order valence-electron chi connectivity index (χ0n) is 16.9. The lowest BCUT2D eigenvalue weighted by Crippen LogP contribution is -2.47. The molecule has 5 atom stereocenters. The van der Waals surface area contributed by atoms with E-state index in [1.54, 1.807) is 7.11 Å². The van der Waals surface area contributed by atoms with E-state index in [1.165, 1.54) is 0 Å². The Kier molecular flexibility index (Phi) is 7.07. The quantitative estimate of drug-likeness (QED) is 0.521. The van der Waals surface area contributed by atoms with Gasteiger partial charge in [0.05, 0.1) is 19.1 Å². The largest absolute Gasteiger partial charge is 0.466 e. The molecule has 0 radical (unpaired) electrons. The monoisotopic (exact) mass is 399 g/mol. The minimum absolute atomic E-state index is 0.0706. The van der Waals surface area contributed by atoms with Crippen molar-refractivity contribution in [1.82, 2.24) is 4.90 Å². The molecule has 0 aromatic carbocycles. The van der Waals surface area contributed by atoms with Gasteiger partial charge in [0.15, 0.2) is 0 Å². The van der Waals surface area contributed by atoms with E-state index in [0.29, 0.717) is 18.9 Å². The Morgan fingerprint density at radius 3 is 2.44 bits per heavy atom. The number of rotatable bonds is 5. The van der Waals surface area contributed by atoms with E-state index in [4.69, 9.17) is 21.1 Å². The van der Waals surface area contributed by atoms with Crippen LogP contribution in [0.25, 0.3) is 0 Å². The van der Waals surface area contributed by atoms with Gasteiger partial charge in [-0.1, -0.05) is 0 Å². The van der Waals surface area contributed by atoms with Crippen LogP contribution in [0.2, 0.25) is 0 Å². The van der Waals surface area contributed by atoms with Crippen LogP contribution in [-0.4, -0.2) is 54.1 Å². The highest BCUT2D eigenvalue weighted by molar-refractivity contribution is 6.20. The van der Waals surface area contributed by atoms with Gasteiger partial charge in [0.2, 0.25) is 5.91 Å². The SMILES string of the molecule is CCOC(=O)CC1C2CC(OC)CCC2N(C(=O)C2CCC(Cl)CC2)C1C. The van der Waals surface area contributed by atoms with Crippen molar-refractivity contribution in [3.05, 3.63) is 0 Å². The minimum atomic E-state index is -0.149. The van der Waals surface area contributed by atoms with Crippen LogP contribution in [-0.2, 0) is 19.1 Å². The van der Waals surface area contributed by atoms with Crippen molar-refractivity contribution in [3.63, 3.8) is 0 Å². The molecule has 5 nitrogen and oxygen atoms in total. The number of nitrogens with zero attached hydrogens (tertiary/aromatic N) is 1. The molecular weight excluding hydrogens is 366 g/mol. The van der Waals surface area contributed by atoms with Crippen molar-refractivity contribution in [2.24, 2.45) is 17.8 Å². The Labute approximate surface area is 168 Å². The third-order valence-corrected chi connectivity index (χ3v) is 7.52. The molecule has 0 bridgehead atoms. The van der Waals surface area contributed by atoms with E-state index < -0.39 is 0 Å². The highest BCUT2D eigenvalue weighted by Gasteiger charge is 2.52. The van der Waals surface area contributed by atoms with Gasteiger partial charge in [-0.3, -0.25) is 9.59 Å². The predicted octanol–water partition coefficient (Wildman–Crippen LogP) is 3.77. The summed E-state index contributed by atoms with van der Waals surface area (Å²) in [6, 6.07) is 0.299. The molecule has 2 aliphatic carbocycles. The summed E-state index contributed by atoms with van der Waals surface area (Å²) in [5.74, 6) is 0.689. The number of likely N-dealkylation sites (tertiary alicyclic amines) is 1. The number of amides is 1. The maximum Gasteiger partial charge on any atom is 0.306 e. The average Bonchev–Trinajstić information content (AvgIpc) is 2.93. The molecule has 0 spiro atoms. The van der Waals surface area contributed by atoms with Gasteiger partial charge in [-0.15, -0.1) is 11.6 Å². The lowest BCUT2D eigenvalue weighted by atomic mass is 9.76. The van der Waals surface area contributed by atoms with Crippen molar-refractivity contribution in [3.8, 4) is 0 Å². The first-order valence-electron chi connectivity index (χ1n) is 10.6. The summed E-state index contributed by atoms with van der Waals surface area (Å²) in [5.41, 5.74) is 0. The first kappa shape index (κ1) is 20.9. The number of halogens is 1. The molecule has 0 N–H and O–H groups in total. The molecule has 1 aliphatic heterocycles. The van der Waals surface area contributed by atoms with Crippen LogP contribution in [0.5, 0.6) is 0 Å². The molecule has 154 valence electrons. The number of alkyl halides is 1. The fourth-order valence-corrected chi connectivity index (χ4v) is 5.90. The summed E-state index contributed by atoms with van der Waals surface area (Å²) in [6.07, 6.45) is 7.10. The van der Waals surface area contributed by atoms with Crippen LogP contribution in [0.15, 0.2) is 0 Å². The van der Waals surface area contributed by atoms with E-state index in [-0.39, 0.29) is 47.3 Å². The third-order valence-electron chi connectivity index (χ3n) is 7.08. The predicted molar refractivity (Wildman–Crippen MR) is 105 cm³/mol. The molecule has 3 rings (SSSR count). The Morgan fingerprint density at radius 1 is 1.11 bits per heavy atom. The molecule has 0 aromatic rings. The Bertz CT molecular complexity index is 534. The van der Waals surface area contributed by atoms with Gasteiger partial charge in [0.25, 0.3) is 0 Å². The number of esters is 1. The van der Waals surface area contributed by atoms with Crippen LogP contribution in [0.3, 0.4) is 0 Å². The van der Waals surface area contributed by atoms with E-state index in [9.17, 15) is 9.59 Å². The molecule has 2 saturated carbocycles. The maximum atomic E-state index is 13.4. The van der Waals surface area contributed by atoms with Crippen LogP contribution < -0.4 is 0 Å². The lowest BCUT2D eigenvalue weighted by molar-refractivity contribution is -0.145. The highest BCUT2D eigenvalue weighted by atomic mass is 35.5. The van der Waals surface area contributed by atoms with Gasteiger partial charge in [0.1, 0.15) is 0 Å². The molecule has 0 aromatic heterocycles. The molecule has 3 aliphatic rings. The number of carbonyl (C=O) groups excluding carboxylic acids is 2. The number of hydrogen-bond donors (Lipinski definition) is 0. The number of carbonyl (C=O) groups is 2. The topological polar surface area (TPSA) is 55.8 Å². The van der Waals surface area contributed by atoms with Gasteiger partial charge >= 0.3 is 5.97 Å². The van der Waals surface area contributed by atoms with Gasteiger partial charge in [-0.2, -0.15) is 0 Å². The van der Waals surface area contributed by atoms with Crippen LogP contribution in [0, 0.1) is 17.8 Å². The zero-order valence-corrected chi connectivity index (χ0v) is 17.6. The smallest absolute Gasteiger partial charge is 0.306 e. The number of fused-ring (bicyclic) bond motifs is 1. The van der Waals surface area contributed by atoms with E-state index in [2.05, 4.69) is 11.8 Å². The Balaban J connectivity index is 1.77. The number of ether oxygens (including phenoxy) is 2. The van der Waals surface area contributed by atoms with Gasteiger partial charge < -0.3 is 14.4 Å². The molecule has 1 heterocycles. The second kappa shape index (κ2) is 9.13. The Morgan fingerprint density at radius 2 is 1.81 bits per heavy atom. The van der Waals surface area contributed by atoms with Gasteiger partial charge in [-0.05, 0) is 70.6 Å². The summed E-state index contributed by atoms with van der Waals surface area (Å²) in [6.45, 7) is 4.36. The first-order chi connectivity index (χ1) is 13.0. The third kappa shape index (κ3) is 4.45. The van der Waals surface area contributed by atoms with Crippen LogP contribution in [0.1, 0.15) is 65.2 Å².